The summed E-state index contributed by atoms with van der Waals surface area (Å²) in [5, 5.41) is 0. The van der Waals surface area contributed by atoms with Gasteiger partial charge in [0, 0.05) is 18.3 Å². The van der Waals surface area contributed by atoms with Gasteiger partial charge in [-0.2, -0.15) is 0 Å². The maximum atomic E-state index is 11.5. The lowest BCUT2D eigenvalue weighted by Gasteiger charge is -2.10. The van der Waals surface area contributed by atoms with Gasteiger partial charge in [-0.15, -0.1) is 0 Å². The molecule has 0 aliphatic carbocycles. The normalized spacial score (nSPS) is 10.1. The van der Waals surface area contributed by atoms with Gasteiger partial charge in [0.25, 0.3) is 5.56 Å². The van der Waals surface area contributed by atoms with Gasteiger partial charge >= 0.3 is 5.97 Å². The zero-order valence-corrected chi connectivity index (χ0v) is 9.24. The van der Waals surface area contributed by atoms with E-state index in [1.165, 1.54) is 12.1 Å². The highest BCUT2D eigenvalue weighted by atomic mass is 16.5. The molecule has 1 heterocycles. The molecule has 15 heavy (non-hydrogen) atoms. The van der Waals surface area contributed by atoms with E-state index >= 15 is 0 Å². The Kier molecular flexibility index (Phi) is 3.66. The standard InChI is InChI=1S/C11H15NO3/c1-4-12-8(3)9(6-7-10(12)13)11(14)15-5-2/h6-7H,4-5H2,1-3H3. The van der Waals surface area contributed by atoms with Crippen molar-refractivity contribution in [2.45, 2.75) is 27.3 Å². The third-order valence-corrected chi connectivity index (χ3v) is 2.26. The van der Waals surface area contributed by atoms with Gasteiger partial charge in [0.05, 0.1) is 12.2 Å². The number of ether oxygens (including phenoxy) is 1. The van der Waals surface area contributed by atoms with Gasteiger partial charge in [-0.25, -0.2) is 4.79 Å². The average Bonchev–Trinajstić information content (AvgIpc) is 2.18. The summed E-state index contributed by atoms with van der Waals surface area (Å²) in [6, 6.07) is 2.91. The number of carbonyl (C=O) groups is 1. The van der Waals surface area contributed by atoms with E-state index in [1.54, 1.807) is 18.4 Å². The van der Waals surface area contributed by atoms with E-state index in [0.717, 1.165) is 0 Å². The summed E-state index contributed by atoms with van der Waals surface area (Å²) in [5.41, 5.74) is 1.02. The quantitative estimate of drug-likeness (QED) is 0.706. The Labute approximate surface area is 88.5 Å². The highest BCUT2D eigenvalue weighted by Crippen LogP contribution is 2.06. The molecule has 0 aromatic carbocycles. The Hall–Kier alpha value is -1.58. The second-order valence-corrected chi connectivity index (χ2v) is 3.14. The van der Waals surface area contributed by atoms with E-state index < -0.39 is 0 Å². The van der Waals surface area contributed by atoms with Crippen LogP contribution >= 0.6 is 0 Å². The van der Waals surface area contributed by atoms with Crippen molar-refractivity contribution < 1.29 is 9.53 Å². The molecule has 4 heteroatoms. The third kappa shape index (κ3) is 2.26. The van der Waals surface area contributed by atoms with E-state index in [1.807, 2.05) is 6.92 Å². The Morgan fingerprint density at radius 2 is 2.07 bits per heavy atom. The number of carbonyl (C=O) groups excluding carboxylic acids is 1. The number of pyridine rings is 1. The zero-order chi connectivity index (χ0) is 11.4. The largest absolute Gasteiger partial charge is 0.462 e. The summed E-state index contributed by atoms with van der Waals surface area (Å²) >= 11 is 0. The molecule has 0 spiro atoms. The maximum absolute atomic E-state index is 11.5. The van der Waals surface area contributed by atoms with Crippen molar-refractivity contribution in [1.82, 2.24) is 4.57 Å². The van der Waals surface area contributed by atoms with Crippen LogP contribution in [0.2, 0.25) is 0 Å². The van der Waals surface area contributed by atoms with Gasteiger partial charge in [-0.05, 0) is 26.8 Å². The van der Waals surface area contributed by atoms with Gasteiger partial charge in [0.2, 0.25) is 0 Å². The van der Waals surface area contributed by atoms with Crippen LogP contribution in [0.3, 0.4) is 0 Å². The molecule has 4 nitrogen and oxygen atoms in total. The Bertz CT molecular complexity index is 420. The van der Waals surface area contributed by atoms with Gasteiger partial charge < -0.3 is 9.30 Å². The molecule has 0 saturated carbocycles. The maximum Gasteiger partial charge on any atom is 0.339 e. The number of hydrogen-bond acceptors (Lipinski definition) is 3. The third-order valence-electron chi connectivity index (χ3n) is 2.26. The van der Waals surface area contributed by atoms with Crippen LogP contribution in [0, 0.1) is 6.92 Å². The summed E-state index contributed by atoms with van der Waals surface area (Å²) in [4.78, 5) is 22.9. The van der Waals surface area contributed by atoms with E-state index in [-0.39, 0.29) is 11.5 Å². The van der Waals surface area contributed by atoms with Crippen LogP contribution in [-0.4, -0.2) is 17.1 Å². The summed E-state index contributed by atoms with van der Waals surface area (Å²) in [6.07, 6.45) is 0. The predicted octanol–water partition coefficient (Wildman–Crippen LogP) is 1.35. The molecule has 0 unspecified atom stereocenters. The highest BCUT2D eigenvalue weighted by Gasteiger charge is 2.12. The van der Waals surface area contributed by atoms with Crippen LogP contribution in [0.25, 0.3) is 0 Å². The molecule has 0 saturated heterocycles. The molecule has 0 fully saturated rings. The van der Waals surface area contributed by atoms with E-state index in [4.69, 9.17) is 4.74 Å². The van der Waals surface area contributed by atoms with Crippen molar-refractivity contribution >= 4 is 5.97 Å². The van der Waals surface area contributed by atoms with Crippen molar-refractivity contribution in [3.8, 4) is 0 Å². The summed E-state index contributed by atoms with van der Waals surface area (Å²) in [6.45, 7) is 6.25. The molecular formula is C11H15NO3. The molecule has 0 aliphatic rings. The molecule has 1 aromatic heterocycles. The van der Waals surface area contributed by atoms with E-state index in [9.17, 15) is 9.59 Å². The lowest BCUT2D eigenvalue weighted by atomic mass is 10.2. The second kappa shape index (κ2) is 4.77. The molecule has 0 aliphatic heterocycles. The molecule has 1 aromatic rings. The molecular weight excluding hydrogens is 194 g/mol. The Balaban J connectivity index is 3.21. The molecule has 0 amide bonds. The van der Waals surface area contributed by atoms with E-state index in [2.05, 4.69) is 0 Å². The van der Waals surface area contributed by atoms with Gasteiger partial charge in [0.1, 0.15) is 0 Å². The van der Waals surface area contributed by atoms with Gasteiger partial charge in [-0.1, -0.05) is 0 Å². The first kappa shape index (κ1) is 11.5. The van der Waals surface area contributed by atoms with Crippen LogP contribution < -0.4 is 5.56 Å². The molecule has 1 rings (SSSR count). The smallest absolute Gasteiger partial charge is 0.339 e. The first-order valence-electron chi connectivity index (χ1n) is 4.99. The number of hydrogen-bond donors (Lipinski definition) is 0. The summed E-state index contributed by atoms with van der Waals surface area (Å²) in [5.74, 6) is -0.378. The summed E-state index contributed by atoms with van der Waals surface area (Å²) < 4.78 is 6.44. The van der Waals surface area contributed by atoms with Crippen molar-refractivity contribution in [3.05, 3.63) is 33.7 Å². The Morgan fingerprint density at radius 1 is 1.40 bits per heavy atom. The van der Waals surface area contributed by atoms with Crippen molar-refractivity contribution in [2.24, 2.45) is 0 Å². The fourth-order valence-electron chi connectivity index (χ4n) is 1.49. The zero-order valence-electron chi connectivity index (χ0n) is 9.24. The van der Waals surface area contributed by atoms with Crippen LogP contribution in [0.5, 0.6) is 0 Å². The monoisotopic (exact) mass is 209 g/mol. The molecule has 0 bridgehead atoms. The second-order valence-electron chi connectivity index (χ2n) is 3.14. The highest BCUT2D eigenvalue weighted by molar-refractivity contribution is 5.90. The predicted molar refractivity (Wildman–Crippen MR) is 57.1 cm³/mol. The first-order chi connectivity index (χ1) is 7.11. The lowest BCUT2D eigenvalue weighted by Crippen LogP contribution is -2.23. The van der Waals surface area contributed by atoms with Gasteiger partial charge in [-0.3, -0.25) is 4.79 Å². The number of rotatable bonds is 3. The molecule has 0 radical (unpaired) electrons. The fourth-order valence-corrected chi connectivity index (χ4v) is 1.49. The van der Waals surface area contributed by atoms with E-state index in [0.29, 0.717) is 24.4 Å². The minimum Gasteiger partial charge on any atom is -0.462 e. The molecule has 0 N–H and O–H groups in total. The van der Waals surface area contributed by atoms with Crippen LogP contribution in [0.15, 0.2) is 16.9 Å². The summed E-state index contributed by atoms with van der Waals surface area (Å²) in [7, 11) is 0. The molecule has 82 valence electrons. The number of esters is 1. The minimum absolute atomic E-state index is 0.0944. The lowest BCUT2D eigenvalue weighted by molar-refractivity contribution is 0.0524. The van der Waals surface area contributed by atoms with Crippen LogP contribution in [0.4, 0.5) is 0 Å². The molecule has 0 atom stereocenters. The van der Waals surface area contributed by atoms with Crippen molar-refractivity contribution in [3.63, 3.8) is 0 Å². The first-order valence-corrected chi connectivity index (χ1v) is 4.99. The fraction of sp³-hybridized carbons (Fsp3) is 0.455. The van der Waals surface area contributed by atoms with Crippen molar-refractivity contribution in [2.75, 3.05) is 6.61 Å². The number of aromatic nitrogens is 1. The Morgan fingerprint density at radius 3 is 2.60 bits per heavy atom. The van der Waals surface area contributed by atoms with Crippen LogP contribution in [-0.2, 0) is 11.3 Å². The SMILES string of the molecule is CCOC(=O)c1ccc(=O)n(CC)c1C. The van der Waals surface area contributed by atoms with Crippen molar-refractivity contribution in [1.29, 1.82) is 0 Å². The van der Waals surface area contributed by atoms with Crippen LogP contribution in [0.1, 0.15) is 29.9 Å². The van der Waals surface area contributed by atoms with Gasteiger partial charge in [0.15, 0.2) is 0 Å². The minimum atomic E-state index is -0.378. The topological polar surface area (TPSA) is 48.3 Å². The number of nitrogens with zero attached hydrogens (tertiary/aromatic N) is 1. The average molecular weight is 209 g/mol.